The summed E-state index contributed by atoms with van der Waals surface area (Å²) in [5.41, 5.74) is 0.608. The largest absolute Gasteiger partial charge is 0.378 e. The second-order valence-corrected chi connectivity index (χ2v) is 6.75. The predicted molar refractivity (Wildman–Crippen MR) is 82.0 cm³/mol. The summed E-state index contributed by atoms with van der Waals surface area (Å²) in [5, 5.41) is 1.14. The Labute approximate surface area is 134 Å². The van der Waals surface area contributed by atoms with E-state index in [0.717, 1.165) is 31.4 Å². The van der Waals surface area contributed by atoms with Crippen LogP contribution in [0.15, 0.2) is 18.2 Å². The van der Waals surface area contributed by atoms with Gasteiger partial charge in [-0.3, -0.25) is 4.79 Å². The summed E-state index contributed by atoms with van der Waals surface area (Å²) in [5.74, 6) is 0.265. The first kappa shape index (κ1) is 15.3. The van der Waals surface area contributed by atoms with E-state index in [1.54, 1.807) is 12.1 Å². The van der Waals surface area contributed by atoms with E-state index < -0.39 is 0 Å². The fraction of sp³-hybridized carbons (Fsp3) is 0.562. The van der Waals surface area contributed by atoms with Crippen LogP contribution in [-0.2, 0) is 20.7 Å². The highest BCUT2D eigenvalue weighted by Gasteiger charge is 2.42. The molecule has 2 aliphatic rings. The Morgan fingerprint density at radius 3 is 2.90 bits per heavy atom. The molecule has 2 atom stereocenters. The highest BCUT2D eigenvalue weighted by molar-refractivity contribution is 6.35. The Morgan fingerprint density at radius 1 is 1.33 bits per heavy atom. The molecule has 0 amide bonds. The van der Waals surface area contributed by atoms with E-state index >= 15 is 0 Å². The predicted octanol–water partition coefficient (Wildman–Crippen LogP) is 3.69. The van der Waals surface area contributed by atoms with Crippen LogP contribution in [0.4, 0.5) is 0 Å². The van der Waals surface area contributed by atoms with E-state index in [4.69, 9.17) is 32.7 Å². The molecule has 2 saturated heterocycles. The van der Waals surface area contributed by atoms with Gasteiger partial charge >= 0.3 is 0 Å². The molecule has 0 radical (unpaired) electrons. The number of hydrogen-bond donors (Lipinski definition) is 0. The summed E-state index contributed by atoms with van der Waals surface area (Å²) < 4.78 is 11.3. The molecule has 3 nitrogen and oxygen atoms in total. The normalized spacial score (nSPS) is 29.0. The van der Waals surface area contributed by atoms with Gasteiger partial charge in [0.25, 0.3) is 0 Å². The maximum absolute atomic E-state index is 12.6. The third kappa shape index (κ3) is 3.42. The van der Waals surface area contributed by atoms with E-state index in [2.05, 4.69) is 0 Å². The van der Waals surface area contributed by atoms with Gasteiger partial charge in [0.15, 0.2) is 0 Å². The fourth-order valence-corrected chi connectivity index (χ4v) is 3.64. The molecule has 114 valence electrons. The van der Waals surface area contributed by atoms with Gasteiger partial charge in [0.2, 0.25) is 0 Å². The first-order valence-electron chi connectivity index (χ1n) is 7.26. The van der Waals surface area contributed by atoms with Gasteiger partial charge in [-0.1, -0.05) is 29.3 Å². The lowest BCUT2D eigenvalue weighted by Crippen LogP contribution is -2.42. The van der Waals surface area contributed by atoms with Crippen LogP contribution in [0.1, 0.15) is 24.8 Å². The zero-order valence-corrected chi connectivity index (χ0v) is 13.3. The number of ketones is 1. The summed E-state index contributed by atoms with van der Waals surface area (Å²) in [6.45, 7) is 1.97. The van der Waals surface area contributed by atoms with Crippen molar-refractivity contribution in [2.24, 2.45) is 5.92 Å². The first-order valence-corrected chi connectivity index (χ1v) is 8.02. The molecule has 0 bridgehead atoms. The molecular weight excluding hydrogens is 311 g/mol. The molecule has 1 aromatic carbocycles. The second-order valence-electron chi connectivity index (χ2n) is 5.90. The minimum Gasteiger partial charge on any atom is -0.378 e. The molecule has 1 aromatic rings. The lowest BCUT2D eigenvalue weighted by atomic mass is 9.81. The van der Waals surface area contributed by atoms with Crippen LogP contribution in [0.25, 0.3) is 0 Å². The molecule has 2 heterocycles. The lowest BCUT2D eigenvalue weighted by Gasteiger charge is -2.36. The molecule has 2 unspecified atom stereocenters. The maximum atomic E-state index is 12.6. The SMILES string of the molecule is O=C(Cc1ccc(Cl)cc1Cl)C1CCOC2(CCOC2)C1. The minimum absolute atomic E-state index is 0.0344. The second kappa shape index (κ2) is 6.25. The number of carbonyl (C=O) groups is 1. The molecule has 0 aliphatic carbocycles. The van der Waals surface area contributed by atoms with E-state index in [1.165, 1.54) is 0 Å². The van der Waals surface area contributed by atoms with Gasteiger partial charge in [0.1, 0.15) is 5.78 Å². The summed E-state index contributed by atoms with van der Waals surface area (Å²) >= 11 is 12.0. The van der Waals surface area contributed by atoms with Crippen molar-refractivity contribution in [2.45, 2.75) is 31.3 Å². The zero-order valence-electron chi connectivity index (χ0n) is 11.7. The number of ether oxygens (including phenoxy) is 2. The summed E-state index contributed by atoms with van der Waals surface area (Å²) in [6.07, 6.45) is 2.79. The van der Waals surface area contributed by atoms with Gasteiger partial charge < -0.3 is 9.47 Å². The van der Waals surface area contributed by atoms with Gasteiger partial charge in [0.05, 0.1) is 12.2 Å². The van der Waals surface area contributed by atoms with Crippen LogP contribution in [0.2, 0.25) is 10.0 Å². The molecule has 0 saturated carbocycles. The molecule has 5 heteroatoms. The molecule has 2 aliphatic heterocycles. The van der Waals surface area contributed by atoms with Crippen molar-refractivity contribution in [3.63, 3.8) is 0 Å². The van der Waals surface area contributed by atoms with E-state index in [0.29, 0.717) is 29.7 Å². The van der Waals surface area contributed by atoms with Crippen LogP contribution in [-0.4, -0.2) is 31.2 Å². The summed E-state index contributed by atoms with van der Waals surface area (Å²) in [4.78, 5) is 12.6. The van der Waals surface area contributed by atoms with Gasteiger partial charge in [-0.15, -0.1) is 0 Å². The Kier molecular flexibility index (Phi) is 4.55. The molecule has 21 heavy (non-hydrogen) atoms. The number of benzene rings is 1. The Balaban J connectivity index is 1.67. The minimum atomic E-state index is -0.234. The number of rotatable bonds is 3. The fourth-order valence-electron chi connectivity index (χ4n) is 3.16. The third-order valence-corrected chi connectivity index (χ3v) is 4.98. The average molecular weight is 329 g/mol. The standard InChI is InChI=1S/C16H18Cl2O3/c17-13-2-1-11(14(18)8-13)7-15(19)12-3-5-21-16(9-12)4-6-20-10-16/h1-2,8,12H,3-7,9-10H2. The van der Waals surface area contributed by atoms with Crippen LogP contribution >= 0.6 is 23.2 Å². The number of Topliss-reactive ketones (excluding diaryl/α,β-unsaturated/α-hetero) is 1. The summed E-state index contributed by atoms with van der Waals surface area (Å²) in [6, 6.07) is 5.28. The van der Waals surface area contributed by atoms with E-state index in [1.807, 2.05) is 6.07 Å². The van der Waals surface area contributed by atoms with Gasteiger partial charge in [-0.05, 0) is 30.5 Å². The van der Waals surface area contributed by atoms with E-state index in [9.17, 15) is 4.79 Å². The topological polar surface area (TPSA) is 35.5 Å². The molecule has 2 fully saturated rings. The van der Waals surface area contributed by atoms with Crippen molar-refractivity contribution in [1.82, 2.24) is 0 Å². The van der Waals surface area contributed by atoms with Crippen LogP contribution in [0.3, 0.4) is 0 Å². The molecule has 0 N–H and O–H groups in total. The van der Waals surface area contributed by atoms with Crippen LogP contribution < -0.4 is 0 Å². The quantitative estimate of drug-likeness (QED) is 0.848. The number of halogens is 2. The van der Waals surface area contributed by atoms with Crippen LogP contribution in [0.5, 0.6) is 0 Å². The third-order valence-electron chi connectivity index (χ3n) is 4.40. The van der Waals surface area contributed by atoms with Gasteiger partial charge in [-0.25, -0.2) is 0 Å². The van der Waals surface area contributed by atoms with E-state index in [-0.39, 0.29) is 17.3 Å². The van der Waals surface area contributed by atoms with Crippen molar-refractivity contribution >= 4 is 29.0 Å². The van der Waals surface area contributed by atoms with Crippen molar-refractivity contribution in [3.8, 4) is 0 Å². The Bertz CT molecular complexity index is 538. The van der Waals surface area contributed by atoms with Crippen LogP contribution in [0, 0.1) is 5.92 Å². The summed E-state index contributed by atoms with van der Waals surface area (Å²) in [7, 11) is 0. The molecular formula is C16H18Cl2O3. The zero-order chi connectivity index (χ0) is 14.9. The first-order chi connectivity index (χ1) is 10.1. The monoisotopic (exact) mass is 328 g/mol. The number of carbonyl (C=O) groups excluding carboxylic acids is 1. The average Bonchev–Trinajstić information content (AvgIpc) is 2.90. The molecule has 1 spiro atoms. The molecule has 3 rings (SSSR count). The number of hydrogen-bond acceptors (Lipinski definition) is 3. The highest BCUT2D eigenvalue weighted by atomic mass is 35.5. The molecule has 0 aromatic heterocycles. The lowest BCUT2D eigenvalue weighted by molar-refractivity contribution is -0.136. The highest BCUT2D eigenvalue weighted by Crippen LogP contribution is 2.36. The van der Waals surface area contributed by atoms with Gasteiger partial charge in [-0.2, -0.15) is 0 Å². The van der Waals surface area contributed by atoms with Crippen molar-refractivity contribution in [2.75, 3.05) is 19.8 Å². The van der Waals surface area contributed by atoms with Gasteiger partial charge in [0, 0.05) is 42.0 Å². The maximum Gasteiger partial charge on any atom is 0.140 e. The Hall–Kier alpha value is -0.610. The van der Waals surface area contributed by atoms with Crippen molar-refractivity contribution < 1.29 is 14.3 Å². The smallest absolute Gasteiger partial charge is 0.140 e. The Morgan fingerprint density at radius 2 is 2.19 bits per heavy atom. The van der Waals surface area contributed by atoms with Crippen molar-refractivity contribution in [1.29, 1.82) is 0 Å². The van der Waals surface area contributed by atoms with Crippen molar-refractivity contribution in [3.05, 3.63) is 33.8 Å².